The molecule has 1 saturated carbocycles. The van der Waals surface area contributed by atoms with E-state index in [-0.39, 0.29) is 29.0 Å². The Labute approximate surface area is 232 Å². The lowest BCUT2D eigenvalue weighted by Gasteiger charge is -2.22. The molecule has 0 spiro atoms. The molecule has 6 nitrogen and oxygen atoms in total. The molecule has 0 aliphatic heterocycles. The topological polar surface area (TPSA) is 81.1 Å². The molecule has 0 atom stereocenters. The Bertz CT molecular complexity index is 1490. The average molecular weight is 599 g/mol. The highest BCUT2D eigenvalue weighted by Gasteiger charge is 2.19. The van der Waals surface area contributed by atoms with Crippen molar-refractivity contribution in [3.8, 4) is 0 Å². The Kier molecular flexibility index (Phi) is 8.42. The summed E-state index contributed by atoms with van der Waals surface area (Å²) in [4.78, 5) is 43.8. The third-order valence-electron chi connectivity index (χ3n) is 6.70. The number of Topliss-reactive ketones (excluding diaryl/α,β-unsaturated/α-hetero) is 1. The highest BCUT2D eigenvalue weighted by atomic mass is 79.9. The molecular formula is C28H28BrN3O3S2. The SMILES string of the molecule is O=C(CCCn1c(SCC(=O)c2ccc(Br)cc2)nc2c(sc3ccccc32)c1=O)NC1CCCCC1. The summed E-state index contributed by atoms with van der Waals surface area (Å²) in [5.41, 5.74) is 1.18. The second-order valence-corrected chi connectivity index (χ2v) is 12.3. The number of hydrogen-bond acceptors (Lipinski definition) is 6. The lowest BCUT2D eigenvalue weighted by atomic mass is 9.95. The van der Waals surface area contributed by atoms with E-state index < -0.39 is 0 Å². The zero-order valence-electron chi connectivity index (χ0n) is 20.4. The number of benzene rings is 2. The molecule has 1 aliphatic rings. The van der Waals surface area contributed by atoms with Crippen molar-refractivity contribution in [3.63, 3.8) is 0 Å². The minimum atomic E-state index is -0.113. The van der Waals surface area contributed by atoms with Crippen LogP contribution in [0.3, 0.4) is 0 Å². The first-order valence-corrected chi connectivity index (χ1v) is 15.2. The van der Waals surface area contributed by atoms with Crippen molar-refractivity contribution < 1.29 is 9.59 Å². The van der Waals surface area contributed by atoms with E-state index in [4.69, 9.17) is 4.98 Å². The second kappa shape index (κ2) is 11.9. The number of hydrogen-bond donors (Lipinski definition) is 1. The first-order chi connectivity index (χ1) is 18.0. The maximum Gasteiger partial charge on any atom is 0.272 e. The van der Waals surface area contributed by atoms with E-state index in [1.165, 1.54) is 42.4 Å². The maximum absolute atomic E-state index is 13.6. The zero-order valence-corrected chi connectivity index (χ0v) is 23.6. The molecule has 1 amide bonds. The van der Waals surface area contributed by atoms with Crippen LogP contribution in [0.15, 0.2) is 63.0 Å². The van der Waals surface area contributed by atoms with E-state index in [1.54, 1.807) is 16.7 Å². The van der Waals surface area contributed by atoms with E-state index in [9.17, 15) is 14.4 Å². The number of thioether (sulfide) groups is 1. The van der Waals surface area contributed by atoms with E-state index >= 15 is 0 Å². The predicted octanol–water partition coefficient (Wildman–Crippen LogP) is 6.58. The van der Waals surface area contributed by atoms with Gasteiger partial charge in [-0.2, -0.15) is 0 Å². The molecule has 0 radical (unpaired) electrons. The number of ketones is 1. The van der Waals surface area contributed by atoms with Crippen LogP contribution in [-0.4, -0.2) is 33.0 Å². The number of amides is 1. The van der Waals surface area contributed by atoms with Crippen molar-refractivity contribution in [2.75, 3.05) is 5.75 Å². The van der Waals surface area contributed by atoms with Gasteiger partial charge in [0.25, 0.3) is 5.56 Å². The van der Waals surface area contributed by atoms with Gasteiger partial charge in [0.2, 0.25) is 5.91 Å². The number of fused-ring (bicyclic) bond motifs is 3. The minimum Gasteiger partial charge on any atom is -0.353 e. The van der Waals surface area contributed by atoms with Gasteiger partial charge >= 0.3 is 0 Å². The van der Waals surface area contributed by atoms with E-state index in [1.807, 2.05) is 36.4 Å². The molecule has 0 unspecified atom stereocenters. The van der Waals surface area contributed by atoms with Crippen molar-refractivity contribution in [2.24, 2.45) is 0 Å². The summed E-state index contributed by atoms with van der Waals surface area (Å²) in [5.74, 6) is 0.181. The summed E-state index contributed by atoms with van der Waals surface area (Å²) in [7, 11) is 0. The lowest BCUT2D eigenvalue weighted by molar-refractivity contribution is -0.122. The van der Waals surface area contributed by atoms with Crippen molar-refractivity contribution in [3.05, 3.63) is 68.9 Å². The summed E-state index contributed by atoms with van der Waals surface area (Å²) >= 11 is 6.11. The van der Waals surface area contributed by atoms with Gasteiger partial charge in [0.1, 0.15) is 4.70 Å². The quantitative estimate of drug-likeness (QED) is 0.134. The molecule has 4 aromatic rings. The van der Waals surface area contributed by atoms with Crippen LogP contribution in [-0.2, 0) is 11.3 Å². The lowest BCUT2D eigenvalue weighted by Crippen LogP contribution is -2.36. The van der Waals surface area contributed by atoms with Crippen LogP contribution in [0.1, 0.15) is 55.3 Å². The number of aromatic nitrogens is 2. The second-order valence-electron chi connectivity index (χ2n) is 9.35. The Morgan fingerprint density at radius 3 is 2.62 bits per heavy atom. The molecule has 192 valence electrons. The maximum atomic E-state index is 13.6. The fourth-order valence-corrected chi connectivity index (χ4v) is 7.02. The summed E-state index contributed by atoms with van der Waals surface area (Å²) in [6.45, 7) is 0.378. The van der Waals surface area contributed by atoms with Crippen molar-refractivity contribution in [2.45, 2.75) is 62.7 Å². The zero-order chi connectivity index (χ0) is 25.8. The van der Waals surface area contributed by atoms with Crippen LogP contribution < -0.4 is 10.9 Å². The van der Waals surface area contributed by atoms with Crippen LogP contribution >= 0.6 is 39.0 Å². The molecule has 1 fully saturated rings. The number of carbonyl (C=O) groups excluding carboxylic acids is 2. The number of nitrogens with one attached hydrogen (secondary N) is 1. The first-order valence-electron chi connectivity index (χ1n) is 12.6. The number of thiophene rings is 1. The van der Waals surface area contributed by atoms with Gasteiger partial charge in [0.05, 0.1) is 11.3 Å². The molecule has 0 saturated heterocycles. The first kappa shape index (κ1) is 26.1. The van der Waals surface area contributed by atoms with Crippen LogP contribution in [0.2, 0.25) is 0 Å². The largest absolute Gasteiger partial charge is 0.353 e. The monoisotopic (exact) mass is 597 g/mol. The highest BCUT2D eigenvalue weighted by Crippen LogP contribution is 2.32. The normalized spacial score (nSPS) is 14.3. The summed E-state index contributed by atoms with van der Waals surface area (Å²) in [6.07, 6.45) is 6.56. The van der Waals surface area contributed by atoms with Gasteiger partial charge in [-0.25, -0.2) is 4.98 Å². The van der Waals surface area contributed by atoms with E-state index in [0.29, 0.717) is 40.3 Å². The third-order valence-corrected chi connectivity index (χ3v) is 9.35. The smallest absolute Gasteiger partial charge is 0.272 e. The Morgan fingerprint density at radius 1 is 1.08 bits per heavy atom. The van der Waals surface area contributed by atoms with E-state index in [0.717, 1.165) is 27.4 Å². The molecule has 9 heteroatoms. The van der Waals surface area contributed by atoms with E-state index in [2.05, 4.69) is 21.2 Å². The Morgan fingerprint density at radius 2 is 1.84 bits per heavy atom. The van der Waals surface area contributed by atoms with Gasteiger partial charge in [-0.15, -0.1) is 11.3 Å². The fraction of sp³-hybridized carbons (Fsp3) is 0.357. The molecule has 1 N–H and O–H groups in total. The Balaban J connectivity index is 1.37. The van der Waals surface area contributed by atoms with Gasteiger partial charge < -0.3 is 5.32 Å². The average Bonchev–Trinajstić information content (AvgIpc) is 3.28. The number of rotatable bonds is 9. The van der Waals surface area contributed by atoms with Crippen molar-refractivity contribution in [1.82, 2.24) is 14.9 Å². The van der Waals surface area contributed by atoms with Crippen molar-refractivity contribution >= 4 is 71.0 Å². The number of carbonyl (C=O) groups is 2. The summed E-state index contributed by atoms with van der Waals surface area (Å²) in [6, 6.07) is 15.4. The summed E-state index contributed by atoms with van der Waals surface area (Å²) < 4.78 is 4.17. The standard InChI is InChI=1S/C28H28BrN3O3S2/c29-19-14-12-18(13-15-19)22(33)17-36-28-31-25-21-9-4-5-10-23(21)37-26(25)27(35)32(28)16-6-11-24(34)30-20-7-2-1-3-8-20/h4-5,9-10,12-15,20H,1-3,6-8,11,16-17H2,(H,30,34). The molecule has 1 aliphatic carbocycles. The van der Waals surface area contributed by atoms with Gasteiger partial charge in [0.15, 0.2) is 10.9 Å². The van der Waals surface area contributed by atoms with Crippen LogP contribution in [0.25, 0.3) is 20.3 Å². The van der Waals surface area contributed by atoms with Gasteiger partial charge in [-0.1, -0.05) is 77.3 Å². The molecular weight excluding hydrogens is 570 g/mol. The minimum absolute atomic E-state index is 0.0274. The predicted molar refractivity (Wildman–Crippen MR) is 155 cm³/mol. The highest BCUT2D eigenvalue weighted by molar-refractivity contribution is 9.10. The van der Waals surface area contributed by atoms with Crippen LogP contribution in [0, 0.1) is 0 Å². The molecule has 2 aromatic carbocycles. The van der Waals surface area contributed by atoms with Crippen molar-refractivity contribution in [1.29, 1.82) is 0 Å². The summed E-state index contributed by atoms with van der Waals surface area (Å²) in [5, 5.41) is 4.61. The fourth-order valence-electron chi connectivity index (χ4n) is 4.75. The molecule has 2 aromatic heterocycles. The third kappa shape index (κ3) is 6.16. The van der Waals surface area contributed by atoms with Gasteiger partial charge in [-0.3, -0.25) is 19.0 Å². The number of nitrogens with zero attached hydrogens (tertiary/aromatic N) is 2. The molecule has 2 heterocycles. The molecule has 0 bridgehead atoms. The Hall–Kier alpha value is -2.49. The van der Waals surface area contributed by atoms with Gasteiger partial charge in [0, 0.05) is 39.1 Å². The molecule has 37 heavy (non-hydrogen) atoms. The van der Waals surface area contributed by atoms with Crippen LogP contribution in [0.4, 0.5) is 0 Å². The van der Waals surface area contributed by atoms with Gasteiger partial charge in [-0.05, 0) is 37.5 Å². The molecule has 5 rings (SSSR count). The number of halogens is 1. The van der Waals surface area contributed by atoms with Crippen LogP contribution in [0.5, 0.6) is 0 Å².